The van der Waals surface area contributed by atoms with Gasteiger partial charge in [-0.25, -0.2) is 14.6 Å². The van der Waals surface area contributed by atoms with E-state index in [0.717, 1.165) is 38.3 Å². The van der Waals surface area contributed by atoms with Crippen LogP contribution in [0.5, 0.6) is 0 Å². The van der Waals surface area contributed by atoms with Crippen LogP contribution in [0.4, 0.5) is 11.5 Å². The summed E-state index contributed by atoms with van der Waals surface area (Å²) in [5, 5.41) is 8.79. The average Bonchev–Trinajstić information content (AvgIpc) is 3.06. The molecule has 0 aliphatic heterocycles. The van der Waals surface area contributed by atoms with Crippen LogP contribution in [0.1, 0.15) is 16.7 Å². The Bertz CT molecular complexity index is 1120. The Morgan fingerprint density at radius 1 is 0.923 bits per heavy atom. The van der Waals surface area contributed by atoms with Gasteiger partial charge in [0.15, 0.2) is 5.65 Å². The zero-order chi connectivity index (χ0) is 18.3. The normalized spacial score (nSPS) is 11.1. The summed E-state index contributed by atoms with van der Waals surface area (Å²) in [4.78, 5) is 8.85. The number of benzene rings is 2. The van der Waals surface area contributed by atoms with Crippen molar-refractivity contribution in [3.05, 3.63) is 70.1 Å². The van der Waals surface area contributed by atoms with Gasteiger partial charge in [-0.15, -0.1) is 0 Å². The van der Waals surface area contributed by atoms with Crippen molar-refractivity contribution in [2.75, 3.05) is 5.32 Å². The van der Waals surface area contributed by atoms with Crippen LogP contribution in [0.3, 0.4) is 0 Å². The molecule has 2 aromatic heterocycles. The maximum Gasteiger partial charge on any atom is 0.168 e. The average molecular weight is 408 g/mol. The third kappa shape index (κ3) is 2.97. The number of rotatable bonds is 3. The van der Waals surface area contributed by atoms with Crippen molar-refractivity contribution in [3.8, 4) is 5.69 Å². The van der Waals surface area contributed by atoms with Crippen molar-refractivity contribution < 1.29 is 0 Å². The van der Waals surface area contributed by atoms with E-state index in [1.807, 2.05) is 16.8 Å². The number of hydrogen-bond acceptors (Lipinski definition) is 4. The van der Waals surface area contributed by atoms with Gasteiger partial charge < -0.3 is 5.32 Å². The van der Waals surface area contributed by atoms with Crippen LogP contribution in [0, 0.1) is 20.8 Å². The van der Waals surface area contributed by atoms with E-state index in [1.165, 1.54) is 11.1 Å². The van der Waals surface area contributed by atoms with E-state index in [4.69, 9.17) is 0 Å². The standard InChI is InChI=1S/C20H18BrN5/c1-12-4-6-16(9-13(12)2)26-20-17(10-24-26)19(22-11-23-20)25-15-5-7-18(21)14(3)8-15/h4-11H,1-3H3,(H,22,23,25). The van der Waals surface area contributed by atoms with Gasteiger partial charge in [0, 0.05) is 10.2 Å². The molecule has 0 bridgehead atoms. The fourth-order valence-electron chi connectivity index (χ4n) is 2.85. The van der Waals surface area contributed by atoms with Gasteiger partial charge in [-0.05, 0) is 67.8 Å². The molecule has 0 unspecified atom stereocenters. The second-order valence-electron chi connectivity index (χ2n) is 6.37. The maximum absolute atomic E-state index is 4.54. The van der Waals surface area contributed by atoms with Crippen LogP contribution in [-0.2, 0) is 0 Å². The molecule has 0 saturated heterocycles. The van der Waals surface area contributed by atoms with E-state index in [0.29, 0.717) is 0 Å². The minimum absolute atomic E-state index is 0.742. The van der Waals surface area contributed by atoms with Crippen LogP contribution in [0.25, 0.3) is 16.7 Å². The molecular weight excluding hydrogens is 390 g/mol. The van der Waals surface area contributed by atoms with Gasteiger partial charge >= 0.3 is 0 Å². The first-order chi connectivity index (χ1) is 12.5. The van der Waals surface area contributed by atoms with Crippen LogP contribution >= 0.6 is 15.9 Å². The Morgan fingerprint density at radius 2 is 1.77 bits per heavy atom. The van der Waals surface area contributed by atoms with E-state index in [9.17, 15) is 0 Å². The second-order valence-corrected chi connectivity index (χ2v) is 7.23. The van der Waals surface area contributed by atoms with Gasteiger partial charge in [-0.3, -0.25) is 0 Å². The van der Waals surface area contributed by atoms with Gasteiger partial charge in [-0.2, -0.15) is 5.10 Å². The molecule has 0 spiro atoms. The molecule has 5 nitrogen and oxygen atoms in total. The van der Waals surface area contributed by atoms with Crippen molar-refractivity contribution in [3.63, 3.8) is 0 Å². The van der Waals surface area contributed by atoms with Crippen LogP contribution in [0.15, 0.2) is 53.4 Å². The Hall–Kier alpha value is -2.73. The van der Waals surface area contributed by atoms with Gasteiger partial charge in [0.2, 0.25) is 0 Å². The number of hydrogen-bond donors (Lipinski definition) is 1. The maximum atomic E-state index is 4.54. The second kappa shape index (κ2) is 6.53. The molecule has 0 aliphatic rings. The fourth-order valence-corrected chi connectivity index (χ4v) is 3.10. The van der Waals surface area contributed by atoms with Crippen molar-refractivity contribution in [1.29, 1.82) is 0 Å². The molecule has 4 aromatic rings. The smallest absolute Gasteiger partial charge is 0.168 e. The number of halogens is 1. The number of nitrogens with zero attached hydrogens (tertiary/aromatic N) is 4. The molecule has 4 rings (SSSR count). The molecule has 26 heavy (non-hydrogen) atoms. The Balaban J connectivity index is 1.77. The van der Waals surface area contributed by atoms with Crippen LogP contribution in [-0.4, -0.2) is 19.7 Å². The van der Waals surface area contributed by atoms with E-state index in [2.05, 4.69) is 81.4 Å². The molecule has 6 heteroatoms. The van der Waals surface area contributed by atoms with Crippen molar-refractivity contribution in [2.45, 2.75) is 20.8 Å². The molecule has 2 heterocycles. The third-order valence-corrected chi connectivity index (χ3v) is 5.41. The summed E-state index contributed by atoms with van der Waals surface area (Å²) in [5.74, 6) is 0.742. The molecule has 0 aliphatic carbocycles. The summed E-state index contributed by atoms with van der Waals surface area (Å²) in [7, 11) is 0. The molecular formula is C20H18BrN5. The monoisotopic (exact) mass is 407 g/mol. The van der Waals surface area contributed by atoms with E-state index in [-0.39, 0.29) is 0 Å². The number of nitrogens with one attached hydrogen (secondary N) is 1. The number of aromatic nitrogens is 4. The lowest BCUT2D eigenvalue weighted by Gasteiger charge is -2.09. The third-order valence-electron chi connectivity index (χ3n) is 4.52. The van der Waals surface area contributed by atoms with Gasteiger partial charge in [0.1, 0.15) is 12.1 Å². The lowest BCUT2D eigenvalue weighted by molar-refractivity contribution is 0.893. The molecule has 1 N–H and O–H groups in total. The summed E-state index contributed by atoms with van der Waals surface area (Å²) in [5.41, 5.74) is 6.39. The Kier molecular flexibility index (Phi) is 4.20. The minimum atomic E-state index is 0.742. The lowest BCUT2D eigenvalue weighted by Crippen LogP contribution is -2.00. The van der Waals surface area contributed by atoms with E-state index < -0.39 is 0 Å². The number of aryl methyl sites for hydroxylation is 3. The Morgan fingerprint density at radius 3 is 2.54 bits per heavy atom. The summed E-state index contributed by atoms with van der Waals surface area (Å²) >= 11 is 3.53. The highest BCUT2D eigenvalue weighted by Gasteiger charge is 2.12. The van der Waals surface area contributed by atoms with Crippen molar-refractivity contribution in [2.24, 2.45) is 0 Å². The SMILES string of the molecule is Cc1ccc(-n2ncc3c(Nc4ccc(Br)c(C)c4)ncnc32)cc1C. The largest absolute Gasteiger partial charge is 0.340 e. The van der Waals surface area contributed by atoms with Crippen molar-refractivity contribution >= 4 is 38.5 Å². The summed E-state index contributed by atoms with van der Waals surface area (Å²) < 4.78 is 2.93. The first kappa shape index (κ1) is 16.7. The molecule has 0 fully saturated rings. The van der Waals surface area contributed by atoms with E-state index >= 15 is 0 Å². The first-order valence-electron chi connectivity index (χ1n) is 8.32. The predicted octanol–water partition coefficient (Wildman–Crippen LogP) is 5.25. The number of fused-ring (bicyclic) bond motifs is 1. The highest BCUT2D eigenvalue weighted by molar-refractivity contribution is 9.10. The molecule has 2 aromatic carbocycles. The highest BCUT2D eigenvalue weighted by atomic mass is 79.9. The fraction of sp³-hybridized carbons (Fsp3) is 0.150. The van der Waals surface area contributed by atoms with Gasteiger partial charge in [-0.1, -0.05) is 22.0 Å². The molecule has 0 amide bonds. The zero-order valence-corrected chi connectivity index (χ0v) is 16.4. The quantitative estimate of drug-likeness (QED) is 0.503. The van der Waals surface area contributed by atoms with Crippen LogP contribution < -0.4 is 5.32 Å². The van der Waals surface area contributed by atoms with Crippen LogP contribution in [0.2, 0.25) is 0 Å². The lowest BCUT2D eigenvalue weighted by atomic mass is 10.1. The van der Waals surface area contributed by atoms with Gasteiger partial charge in [0.05, 0.1) is 17.3 Å². The van der Waals surface area contributed by atoms with E-state index in [1.54, 1.807) is 12.5 Å². The number of anilines is 2. The summed E-state index contributed by atoms with van der Waals surface area (Å²) in [6.45, 7) is 6.26. The molecule has 0 saturated carbocycles. The summed E-state index contributed by atoms with van der Waals surface area (Å²) in [6, 6.07) is 12.4. The summed E-state index contributed by atoms with van der Waals surface area (Å²) in [6.07, 6.45) is 3.37. The topological polar surface area (TPSA) is 55.6 Å². The molecule has 0 atom stereocenters. The first-order valence-corrected chi connectivity index (χ1v) is 9.12. The highest BCUT2D eigenvalue weighted by Crippen LogP contribution is 2.27. The molecule has 0 radical (unpaired) electrons. The minimum Gasteiger partial charge on any atom is -0.340 e. The Labute approximate surface area is 160 Å². The zero-order valence-electron chi connectivity index (χ0n) is 14.8. The van der Waals surface area contributed by atoms with Crippen molar-refractivity contribution in [1.82, 2.24) is 19.7 Å². The van der Waals surface area contributed by atoms with Gasteiger partial charge in [0.25, 0.3) is 0 Å². The molecule has 130 valence electrons. The predicted molar refractivity (Wildman–Crippen MR) is 108 cm³/mol.